The van der Waals surface area contributed by atoms with Gasteiger partial charge in [0.2, 0.25) is 0 Å². The molecule has 1 amide bonds. The van der Waals surface area contributed by atoms with Gasteiger partial charge in [-0.05, 0) is 25.5 Å². The van der Waals surface area contributed by atoms with Crippen LogP contribution in [-0.2, 0) is 0 Å². The van der Waals surface area contributed by atoms with Gasteiger partial charge in [-0.2, -0.15) is 0 Å². The molecule has 2 heterocycles. The molecule has 0 spiro atoms. The summed E-state index contributed by atoms with van der Waals surface area (Å²) in [6, 6.07) is 9.26. The summed E-state index contributed by atoms with van der Waals surface area (Å²) in [7, 11) is 0. The van der Waals surface area contributed by atoms with E-state index >= 15 is 0 Å². The lowest BCUT2D eigenvalue weighted by molar-refractivity contribution is 0.0771. The second-order valence-electron chi connectivity index (χ2n) is 5.06. The van der Waals surface area contributed by atoms with Crippen molar-refractivity contribution in [3.05, 3.63) is 52.7 Å². The Balaban J connectivity index is 2.03. The summed E-state index contributed by atoms with van der Waals surface area (Å²) in [5.74, 6) is 0.0225. The minimum atomic E-state index is 0.0225. The maximum absolute atomic E-state index is 12.7. The lowest BCUT2D eigenvalue weighted by Crippen LogP contribution is -2.34. The first-order valence-electron chi connectivity index (χ1n) is 6.65. The van der Waals surface area contributed by atoms with E-state index in [4.69, 9.17) is 11.6 Å². The van der Waals surface area contributed by atoms with Gasteiger partial charge in [0.1, 0.15) is 5.15 Å². The molecule has 2 aromatic rings. The van der Waals surface area contributed by atoms with Crippen LogP contribution in [0.4, 0.5) is 0 Å². The monoisotopic (exact) mass is 286 g/mol. The molecule has 0 aliphatic carbocycles. The number of para-hydroxylation sites is 1. The molecule has 20 heavy (non-hydrogen) atoms. The second kappa shape index (κ2) is 5.25. The summed E-state index contributed by atoms with van der Waals surface area (Å²) in [4.78, 5) is 18.8. The van der Waals surface area contributed by atoms with E-state index in [2.05, 4.69) is 18.0 Å². The third-order valence-electron chi connectivity index (χ3n) is 3.64. The predicted octanol–water partition coefficient (Wildman–Crippen LogP) is 3.68. The molecule has 0 fully saturated rings. The number of carbonyl (C=O) groups excluding carboxylic acids is 1. The highest BCUT2D eigenvalue weighted by molar-refractivity contribution is 6.30. The zero-order valence-corrected chi connectivity index (χ0v) is 12.0. The zero-order valence-electron chi connectivity index (χ0n) is 11.3. The lowest BCUT2D eigenvalue weighted by Gasteiger charge is -2.26. The first-order chi connectivity index (χ1) is 9.65. The van der Waals surface area contributed by atoms with E-state index in [1.807, 2.05) is 29.2 Å². The number of nitrogens with zero attached hydrogens (tertiary/aromatic N) is 2. The predicted molar refractivity (Wildman–Crippen MR) is 81.0 cm³/mol. The Bertz CT molecular complexity index is 709. The van der Waals surface area contributed by atoms with Crippen molar-refractivity contribution in [1.82, 2.24) is 9.88 Å². The molecule has 0 saturated heterocycles. The van der Waals surface area contributed by atoms with E-state index in [0.29, 0.717) is 17.3 Å². The van der Waals surface area contributed by atoms with Gasteiger partial charge in [-0.25, -0.2) is 4.98 Å². The number of hydrogen-bond acceptors (Lipinski definition) is 2. The average molecular weight is 287 g/mol. The van der Waals surface area contributed by atoms with Crippen LogP contribution in [0.15, 0.2) is 42.0 Å². The van der Waals surface area contributed by atoms with Gasteiger partial charge < -0.3 is 4.90 Å². The molecule has 102 valence electrons. The Morgan fingerprint density at radius 3 is 2.90 bits per heavy atom. The van der Waals surface area contributed by atoms with Crippen molar-refractivity contribution in [1.29, 1.82) is 0 Å². The molecule has 1 aromatic heterocycles. The zero-order chi connectivity index (χ0) is 14.1. The van der Waals surface area contributed by atoms with Crippen molar-refractivity contribution in [2.75, 3.05) is 13.1 Å². The first kappa shape index (κ1) is 13.1. The Morgan fingerprint density at radius 1 is 1.35 bits per heavy atom. The van der Waals surface area contributed by atoms with Gasteiger partial charge in [0, 0.05) is 18.5 Å². The number of carbonyl (C=O) groups is 1. The van der Waals surface area contributed by atoms with Crippen LogP contribution >= 0.6 is 11.6 Å². The molecule has 4 heteroatoms. The van der Waals surface area contributed by atoms with Crippen molar-refractivity contribution in [2.45, 2.75) is 13.3 Å². The number of amides is 1. The number of benzene rings is 1. The van der Waals surface area contributed by atoms with Crippen LogP contribution < -0.4 is 0 Å². The van der Waals surface area contributed by atoms with Crippen LogP contribution in [0.2, 0.25) is 5.15 Å². The summed E-state index contributed by atoms with van der Waals surface area (Å²) in [6.45, 7) is 3.52. The minimum Gasteiger partial charge on any atom is -0.335 e. The van der Waals surface area contributed by atoms with Gasteiger partial charge in [0.05, 0.1) is 11.1 Å². The Hall–Kier alpha value is -1.87. The second-order valence-corrected chi connectivity index (χ2v) is 5.45. The summed E-state index contributed by atoms with van der Waals surface area (Å²) < 4.78 is 0. The number of aromatic nitrogens is 1. The molecule has 3 nitrogen and oxygen atoms in total. The van der Waals surface area contributed by atoms with E-state index in [9.17, 15) is 4.79 Å². The number of fused-ring (bicyclic) bond motifs is 1. The van der Waals surface area contributed by atoms with Gasteiger partial charge in [-0.15, -0.1) is 0 Å². The quantitative estimate of drug-likeness (QED) is 0.592. The fraction of sp³-hybridized carbons (Fsp3) is 0.250. The smallest absolute Gasteiger partial charge is 0.254 e. The summed E-state index contributed by atoms with van der Waals surface area (Å²) >= 11 is 6.04. The highest BCUT2D eigenvalue weighted by Gasteiger charge is 2.20. The van der Waals surface area contributed by atoms with Crippen LogP contribution in [-0.4, -0.2) is 28.9 Å². The van der Waals surface area contributed by atoms with Crippen LogP contribution in [0, 0.1) is 0 Å². The van der Waals surface area contributed by atoms with Gasteiger partial charge in [-0.3, -0.25) is 4.79 Å². The molecular weight excluding hydrogens is 272 g/mol. The Morgan fingerprint density at radius 2 is 2.15 bits per heavy atom. The molecule has 1 aliphatic heterocycles. The highest BCUT2D eigenvalue weighted by atomic mass is 35.5. The largest absolute Gasteiger partial charge is 0.335 e. The van der Waals surface area contributed by atoms with Crippen LogP contribution in [0.1, 0.15) is 23.7 Å². The first-order valence-corrected chi connectivity index (χ1v) is 7.03. The number of halogens is 1. The normalized spacial score (nSPS) is 15.3. The fourth-order valence-electron chi connectivity index (χ4n) is 2.45. The maximum Gasteiger partial charge on any atom is 0.254 e. The SMILES string of the molecule is CC1=CCN(C(=O)c2cc(Cl)nc3ccccc23)CC1. The van der Waals surface area contributed by atoms with E-state index in [-0.39, 0.29) is 5.91 Å². The Labute approximate surface area is 122 Å². The summed E-state index contributed by atoms with van der Waals surface area (Å²) in [6.07, 6.45) is 3.04. The van der Waals surface area contributed by atoms with Crippen molar-refractivity contribution in [3.63, 3.8) is 0 Å². The van der Waals surface area contributed by atoms with E-state index in [1.165, 1.54) is 5.57 Å². The molecule has 0 atom stereocenters. The van der Waals surface area contributed by atoms with E-state index in [1.54, 1.807) is 6.07 Å². The third kappa shape index (κ3) is 2.41. The van der Waals surface area contributed by atoms with E-state index < -0.39 is 0 Å². The lowest BCUT2D eigenvalue weighted by atomic mass is 10.1. The Kier molecular flexibility index (Phi) is 3.45. The number of pyridine rings is 1. The molecule has 0 N–H and O–H groups in total. The third-order valence-corrected chi connectivity index (χ3v) is 3.83. The topological polar surface area (TPSA) is 33.2 Å². The molecule has 0 bridgehead atoms. The molecule has 1 aliphatic rings. The maximum atomic E-state index is 12.7. The van der Waals surface area contributed by atoms with Crippen molar-refractivity contribution in [2.24, 2.45) is 0 Å². The standard InChI is InChI=1S/C16H15ClN2O/c1-11-6-8-19(9-7-11)16(20)13-10-15(17)18-14-5-3-2-4-12(13)14/h2-6,10H,7-9H2,1H3. The van der Waals surface area contributed by atoms with Crippen LogP contribution in [0.3, 0.4) is 0 Å². The molecule has 0 saturated carbocycles. The molecule has 0 radical (unpaired) electrons. The molecular formula is C16H15ClN2O. The van der Waals surface area contributed by atoms with Crippen LogP contribution in [0.25, 0.3) is 10.9 Å². The van der Waals surface area contributed by atoms with Gasteiger partial charge in [0.15, 0.2) is 0 Å². The van der Waals surface area contributed by atoms with Crippen molar-refractivity contribution >= 4 is 28.4 Å². The molecule has 3 rings (SSSR count). The summed E-state index contributed by atoms with van der Waals surface area (Å²) in [5, 5.41) is 1.21. The van der Waals surface area contributed by atoms with Gasteiger partial charge in [0.25, 0.3) is 5.91 Å². The highest BCUT2D eigenvalue weighted by Crippen LogP contribution is 2.23. The summed E-state index contributed by atoms with van der Waals surface area (Å²) in [5.41, 5.74) is 2.73. The fourth-order valence-corrected chi connectivity index (χ4v) is 2.65. The average Bonchev–Trinajstić information content (AvgIpc) is 2.46. The van der Waals surface area contributed by atoms with Crippen LogP contribution in [0.5, 0.6) is 0 Å². The molecule has 0 unspecified atom stereocenters. The van der Waals surface area contributed by atoms with Gasteiger partial charge >= 0.3 is 0 Å². The molecule has 1 aromatic carbocycles. The van der Waals surface area contributed by atoms with Crippen molar-refractivity contribution in [3.8, 4) is 0 Å². The number of rotatable bonds is 1. The van der Waals surface area contributed by atoms with Crippen molar-refractivity contribution < 1.29 is 4.79 Å². The minimum absolute atomic E-state index is 0.0225. The number of hydrogen-bond donors (Lipinski definition) is 0. The van der Waals surface area contributed by atoms with Gasteiger partial charge in [-0.1, -0.05) is 41.4 Å². The van der Waals surface area contributed by atoms with E-state index in [0.717, 1.165) is 23.9 Å².